The van der Waals surface area contributed by atoms with Gasteiger partial charge in [-0.05, 0) is 18.1 Å². The Balaban J connectivity index is 4.19. The van der Waals surface area contributed by atoms with E-state index in [1.807, 2.05) is 43.4 Å². The first-order valence-corrected chi connectivity index (χ1v) is 4.19. The van der Waals surface area contributed by atoms with Gasteiger partial charge >= 0.3 is 0 Å². The molecule has 0 heteroatoms. The lowest BCUT2D eigenvalue weighted by Crippen LogP contribution is -1.76. The van der Waals surface area contributed by atoms with Crippen LogP contribution in [0.5, 0.6) is 0 Å². The minimum atomic E-state index is 0.903. The van der Waals surface area contributed by atoms with E-state index in [0.29, 0.717) is 0 Å². The second-order valence-corrected chi connectivity index (χ2v) is 2.53. The second-order valence-electron chi connectivity index (χ2n) is 2.53. The number of hydrogen-bond acceptors (Lipinski definition) is 0. The minimum absolute atomic E-state index is 0.903. The predicted molar refractivity (Wildman–Crippen MR) is 61.6 cm³/mol. The van der Waals surface area contributed by atoms with E-state index >= 15 is 0 Å². The van der Waals surface area contributed by atoms with Gasteiger partial charge in [0.25, 0.3) is 0 Å². The van der Waals surface area contributed by atoms with Crippen LogP contribution >= 0.6 is 0 Å². The van der Waals surface area contributed by atoms with Crippen molar-refractivity contribution in [3.8, 4) is 0 Å². The second kappa shape index (κ2) is 7.11. The zero-order chi connectivity index (χ0) is 10.1. The lowest BCUT2D eigenvalue weighted by Gasteiger charge is -1.96. The Kier molecular flexibility index (Phi) is 6.26. The van der Waals surface area contributed by atoms with Gasteiger partial charge in [-0.1, -0.05) is 62.3 Å². The molecule has 0 bridgehead atoms. The Bertz CT molecular complexity index is 272. The van der Waals surface area contributed by atoms with Crippen LogP contribution in [0.1, 0.15) is 6.92 Å². The quantitative estimate of drug-likeness (QED) is 0.550. The van der Waals surface area contributed by atoms with Crippen molar-refractivity contribution in [2.45, 2.75) is 6.92 Å². The molecule has 0 heterocycles. The summed E-state index contributed by atoms with van der Waals surface area (Å²) in [5.74, 6) is 0. The molecule has 0 amide bonds. The van der Waals surface area contributed by atoms with Gasteiger partial charge in [-0.2, -0.15) is 0 Å². The molecule has 0 aromatic rings. The molecule has 13 heavy (non-hydrogen) atoms. The maximum Gasteiger partial charge on any atom is -0.0262 e. The van der Waals surface area contributed by atoms with Crippen LogP contribution in [0, 0.1) is 0 Å². The molecule has 0 unspecified atom stereocenters. The van der Waals surface area contributed by atoms with E-state index in [9.17, 15) is 0 Å². The van der Waals surface area contributed by atoms with Crippen molar-refractivity contribution in [2.75, 3.05) is 0 Å². The molecule has 0 saturated carbocycles. The topological polar surface area (TPSA) is 0 Å². The lowest BCUT2D eigenvalue weighted by atomic mass is 10.1. The first-order valence-electron chi connectivity index (χ1n) is 4.19. The molecule has 68 valence electrons. The van der Waals surface area contributed by atoms with Gasteiger partial charge in [-0.15, -0.1) is 0 Å². The highest BCUT2D eigenvalue weighted by Gasteiger charge is 1.88. The smallest absolute Gasteiger partial charge is 0.0262 e. The average molecular weight is 172 g/mol. The van der Waals surface area contributed by atoms with Gasteiger partial charge in [-0.3, -0.25) is 0 Å². The summed E-state index contributed by atoms with van der Waals surface area (Å²) in [6.07, 6.45) is 13.2. The van der Waals surface area contributed by atoms with E-state index in [-0.39, 0.29) is 0 Å². The van der Waals surface area contributed by atoms with Crippen molar-refractivity contribution in [3.05, 3.63) is 73.4 Å². The molecule has 0 atom stereocenters. The summed E-state index contributed by atoms with van der Waals surface area (Å²) in [6, 6.07) is 0. The number of hydrogen-bond donors (Lipinski definition) is 0. The van der Waals surface area contributed by atoms with Gasteiger partial charge < -0.3 is 0 Å². The first-order chi connectivity index (χ1) is 6.22. The first kappa shape index (κ1) is 11.4. The zero-order valence-electron chi connectivity index (χ0n) is 8.16. The molecule has 0 aromatic carbocycles. The van der Waals surface area contributed by atoms with E-state index < -0.39 is 0 Å². The number of allylic oxidation sites excluding steroid dienone is 9. The summed E-state index contributed by atoms with van der Waals surface area (Å²) in [7, 11) is 0. The maximum absolute atomic E-state index is 3.87. The monoisotopic (exact) mass is 172 g/mol. The molecule has 0 saturated heterocycles. The molecule has 0 spiro atoms. The highest BCUT2D eigenvalue weighted by Crippen LogP contribution is 2.08. The molecular weight excluding hydrogens is 156 g/mol. The van der Waals surface area contributed by atoms with E-state index in [1.165, 1.54) is 0 Å². The lowest BCUT2D eigenvalue weighted by molar-refractivity contribution is 1.59. The maximum atomic E-state index is 3.87. The third-order valence-corrected chi connectivity index (χ3v) is 1.45. The minimum Gasteiger partial charge on any atom is -0.0991 e. The van der Waals surface area contributed by atoms with Crippen molar-refractivity contribution < 1.29 is 0 Å². The molecule has 0 radical (unpaired) electrons. The van der Waals surface area contributed by atoms with Gasteiger partial charge in [0.1, 0.15) is 0 Å². The van der Waals surface area contributed by atoms with E-state index in [1.54, 1.807) is 6.08 Å². The molecule has 0 aliphatic carbocycles. The Labute approximate surface area is 81.0 Å². The average Bonchev–Trinajstić information content (AvgIpc) is 2.14. The van der Waals surface area contributed by atoms with Crippen LogP contribution in [0.25, 0.3) is 0 Å². The van der Waals surface area contributed by atoms with Crippen molar-refractivity contribution in [1.29, 1.82) is 0 Å². The van der Waals surface area contributed by atoms with Crippen LogP contribution in [-0.4, -0.2) is 0 Å². The van der Waals surface area contributed by atoms with E-state index in [0.717, 1.165) is 11.1 Å². The normalized spacial score (nSPS) is 11.5. The molecule has 0 fully saturated rings. The molecule has 0 N–H and O–H groups in total. The Hall–Kier alpha value is -1.56. The van der Waals surface area contributed by atoms with Crippen LogP contribution < -0.4 is 0 Å². The molecular formula is C13H16. The van der Waals surface area contributed by atoms with Gasteiger partial charge in [-0.25, -0.2) is 0 Å². The van der Waals surface area contributed by atoms with Crippen molar-refractivity contribution >= 4 is 0 Å². The largest absolute Gasteiger partial charge is 0.0991 e. The highest BCUT2D eigenvalue weighted by atomic mass is 13.9. The zero-order valence-corrected chi connectivity index (χ0v) is 8.16. The Morgan fingerprint density at radius 3 is 1.92 bits per heavy atom. The molecule has 0 rings (SSSR count). The van der Waals surface area contributed by atoms with E-state index in [2.05, 4.69) is 19.7 Å². The summed E-state index contributed by atoms with van der Waals surface area (Å²) in [5, 5.41) is 0. The molecule has 0 aliphatic rings. The van der Waals surface area contributed by atoms with Gasteiger partial charge in [0.2, 0.25) is 0 Å². The summed E-state index contributed by atoms with van der Waals surface area (Å²) in [6.45, 7) is 13.3. The van der Waals surface area contributed by atoms with E-state index in [4.69, 9.17) is 0 Å². The van der Waals surface area contributed by atoms with Gasteiger partial charge in [0, 0.05) is 0 Å². The Morgan fingerprint density at radius 1 is 0.923 bits per heavy atom. The Morgan fingerprint density at radius 2 is 1.46 bits per heavy atom. The fourth-order valence-corrected chi connectivity index (χ4v) is 0.681. The molecule has 0 aromatic heterocycles. The van der Waals surface area contributed by atoms with Crippen LogP contribution in [0.2, 0.25) is 0 Å². The summed E-state index contributed by atoms with van der Waals surface area (Å²) < 4.78 is 0. The molecule has 0 nitrogen and oxygen atoms in total. The van der Waals surface area contributed by atoms with Gasteiger partial charge in [0.05, 0.1) is 0 Å². The summed E-state index contributed by atoms with van der Waals surface area (Å²) in [5.41, 5.74) is 1.82. The fourth-order valence-electron chi connectivity index (χ4n) is 0.681. The van der Waals surface area contributed by atoms with Crippen molar-refractivity contribution in [1.82, 2.24) is 0 Å². The summed E-state index contributed by atoms with van der Waals surface area (Å²) >= 11 is 0. The van der Waals surface area contributed by atoms with Gasteiger partial charge in [0.15, 0.2) is 0 Å². The van der Waals surface area contributed by atoms with Crippen LogP contribution in [-0.2, 0) is 0 Å². The predicted octanol–water partition coefficient (Wildman–Crippen LogP) is 3.97. The van der Waals surface area contributed by atoms with Crippen LogP contribution in [0.4, 0.5) is 0 Å². The van der Waals surface area contributed by atoms with Crippen molar-refractivity contribution in [3.63, 3.8) is 0 Å². The van der Waals surface area contributed by atoms with Crippen LogP contribution in [0.15, 0.2) is 73.4 Å². The standard InChI is InChI=1S/C13H16/c1-5-7-9-11-13(4)12(3)10-8-6-2/h5-11H,2-4H2,1H3/b7-5-,10-8-,11-9-. The van der Waals surface area contributed by atoms with Crippen LogP contribution in [0.3, 0.4) is 0 Å². The highest BCUT2D eigenvalue weighted by molar-refractivity contribution is 5.43. The summed E-state index contributed by atoms with van der Waals surface area (Å²) in [4.78, 5) is 0. The fraction of sp³-hybridized carbons (Fsp3) is 0.0769. The SMILES string of the molecule is C=C/C=C\C(=C)C(=C)/C=C\C=C/C. The molecule has 0 aliphatic heterocycles. The third kappa shape index (κ3) is 5.68. The van der Waals surface area contributed by atoms with Crippen molar-refractivity contribution in [2.24, 2.45) is 0 Å². The number of rotatable bonds is 5. The third-order valence-electron chi connectivity index (χ3n) is 1.45.